The number of anilines is 1. The molecule has 0 bridgehead atoms. The van der Waals surface area contributed by atoms with Crippen molar-refractivity contribution in [2.45, 2.75) is 6.18 Å². The van der Waals surface area contributed by atoms with Crippen LogP contribution in [-0.2, 0) is 15.8 Å². The number of carbonyl (C=O) groups is 2. The third-order valence-electron chi connectivity index (χ3n) is 3.75. The number of amides is 2. The molecule has 0 atom stereocenters. The van der Waals surface area contributed by atoms with Crippen LogP contribution in [0.15, 0.2) is 24.3 Å². The lowest BCUT2D eigenvalue weighted by Gasteiger charge is -2.34. The average molecular weight is 344 g/mol. The van der Waals surface area contributed by atoms with Crippen molar-refractivity contribution in [2.75, 3.05) is 44.6 Å². The maximum absolute atomic E-state index is 12.7. The van der Waals surface area contributed by atoms with E-state index in [4.69, 9.17) is 5.73 Å². The van der Waals surface area contributed by atoms with Crippen molar-refractivity contribution in [3.63, 3.8) is 0 Å². The van der Waals surface area contributed by atoms with Crippen molar-refractivity contribution in [3.8, 4) is 0 Å². The average Bonchev–Trinajstić information content (AvgIpc) is 2.54. The van der Waals surface area contributed by atoms with Crippen molar-refractivity contribution in [1.82, 2.24) is 9.80 Å². The molecule has 1 aliphatic rings. The first-order valence-electron chi connectivity index (χ1n) is 7.51. The number of alkyl halides is 3. The van der Waals surface area contributed by atoms with Crippen LogP contribution in [0.4, 0.5) is 18.9 Å². The predicted octanol–water partition coefficient (Wildman–Crippen LogP) is 0.747. The Kier molecular flexibility index (Phi) is 5.79. The monoisotopic (exact) mass is 344 g/mol. The zero-order valence-corrected chi connectivity index (χ0v) is 13.0. The van der Waals surface area contributed by atoms with Gasteiger partial charge in [-0.2, -0.15) is 13.2 Å². The summed E-state index contributed by atoms with van der Waals surface area (Å²) in [6.45, 7) is 3.23. The summed E-state index contributed by atoms with van der Waals surface area (Å²) in [5, 5.41) is 2.22. The fourth-order valence-electron chi connectivity index (χ4n) is 2.46. The second-order valence-corrected chi connectivity index (χ2v) is 5.46. The van der Waals surface area contributed by atoms with Gasteiger partial charge < -0.3 is 16.0 Å². The van der Waals surface area contributed by atoms with Crippen molar-refractivity contribution in [3.05, 3.63) is 29.8 Å². The fraction of sp³-hybridized carbons (Fsp3) is 0.467. The fourth-order valence-corrected chi connectivity index (χ4v) is 2.46. The van der Waals surface area contributed by atoms with Crippen LogP contribution in [0.3, 0.4) is 0 Å². The predicted molar refractivity (Wildman–Crippen MR) is 82.1 cm³/mol. The lowest BCUT2D eigenvalue weighted by molar-refractivity contribution is -0.144. The topological polar surface area (TPSA) is 78.7 Å². The van der Waals surface area contributed by atoms with Gasteiger partial charge in [-0.1, -0.05) is 6.07 Å². The molecule has 132 valence electrons. The number of carbonyl (C=O) groups excluding carboxylic acids is 2. The minimum absolute atomic E-state index is 0.0649. The molecule has 0 aromatic heterocycles. The number of hydrogen-bond donors (Lipinski definition) is 2. The van der Waals surface area contributed by atoms with Gasteiger partial charge in [0.25, 0.3) is 0 Å². The maximum Gasteiger partial charge on any atom is 0.416 e. The number of nitrogens with zero attached hydrogens (tertiary/aromatic N) is 2. The molecule has 1 aliphatic heterocycles. The summed E-state index contributed by atoms with van der Waals surface area (Å²) in [5.41, 5.74) is 4.51. The molecule has 2 rings (SSSR count). The van der Waals surface area contributed by atoms with Gasteiger partial charge in [0, 0.05) is 45.0 Å². The van der Waals surface area contributed by atoms with Gasteiger partial charge >= 0.3 is 18.0 Å². The van der Waals surface area contributed by atoms with E-state index in [1.165, 1.54) is 17.0 Å². The molecule has 0 saturated carbocycles. The minimum atomic E-state index is -4.51. The molecule has 0 aliphatic carbocycles. The Morgan fingerprint density at radius 1 is 1.17 bits per heavy atom. The van der Waals surface area contributed by atoms with Gasteiger partial charge in [-0.05, 0) is 18.2 Å². The van der Waals surface area contributed by atoms with E-state index in [0.29, 0.717) is 32.7 Å². The van der Waals surface area contributed by atoms with E-state index in [1.807, 2.05) is 0 Å². The van der Waals surface area contributed by atoms with E-state index in [1.54, 1.807) is 0 Å². The first-order valence-corrected chi connectivity index (χ1v) is 7.51. The third-order valence-corrected chi connectivity index (χ3v) is 3.75. The summed E-state index contributed by atoms with van der Waals surface area (Å²) >= 11 is 0. The normalized spacial score (nSPS) is 16.1. The number of benzene rings is 1. The molecule has 1 fully saturated rings. The van der Waals surface area contributed by atoms with Gasteiger partial charge in [0.05, 0.1) is 5.56 Å². The van der Waals surface area contributed by atoms with Crippen LogP contribution in [0.25, 0.3) is 0 Å². The highest BCUT2D eigenvalue weighted by Gasteiger charge is 2.31. The van der Waals surface area contributed by atoms with Gasteiger partial charge in [0.15, 0.2) is 0 Å². The second kappa shape index (κ2) is 7.63. The second-order valence-electron chi connectivity index (χ2n) is 5.46. The first kappa shape index (κ1) is 18.2. The molecule has 1 saturated heterocycles. The minimum Gasteiger partial charge on any atom is -0.332 e. The molecule has 0 radical (unpaired) electrons. The van der Waals surface area contributed by atoms with Gasteiger partial charge in [-0.3, -0.25) is 14.5 Å². The third kappa shape index (κ3) is 4.68. The Balaban J connectivity index is 1.94. The maximum atomic E-state index is 12.7. The van der Waals surface area contributed by atoms with Gasteiger partial charge in [0.2, 0.25) is 0 Å². The van der Waals surface area contributed by atoms with Crippen LogP contribution in [-0.4, -0.2) is 60.9 Å². The van der Waals surface area contributed by atoms with Crippen LogP contribution < -0.4 is 11.1 Å². The van der Waals surface area contributed by atoms with Crippen LogP contribution in [0.5, 0.6) is 0 Å². The van der Waals surface area contributed by atoms with E-state index in [0.717, 1.165) is 18.7 Å². The van der Waals surface area contributed by atoms with Crippen LogP contribution in [0.2, 0.25) is 0 Å². The number of hydrogen-bond acceptors (Lipinski definition) is 4. The van der Waals surface area contributed by atoms with Gasteiger partial charge in [-0.25, -0.2) is 0 Å². The zero-order chi connectivity index (χ0) is 17.7. The zero-order valence-electron chi connectivity index (χ0n) is 13.0. The number of halogens is 3. The van der Waals surface area contributed by atoms with Crippen LogP contribution >= 0.6 is 0 Å². The largest absolute Gasteiger partial charge is 0.416 e. The van der Waals surface area contributed by atoms with E-state index < -0.39 is 23.6 Å². The molecule has 9 heteroatoms. The molecular formula is C15H19F3N4O2. The van der Waals surface area contributed by atoms with Crippen LogP contribution in [0, 0.1) is 0 Å². The molecule has 0 unspecified atom stereocenters. The lowest BCUT2D eigenvalue weighted by Crippen LogP contribution is -2.52. The smallest absolute Gasteiger partial charge is 0.332 e. The van der Waals surface area contributed by atoms with Crippen molar-refractivity contribution in [2.24, 2.45) is 5.73 Å². The van der Waals surface area contributed by atoms with Crippen molar-refractivity contribution in [1.29, 1.82) is 0 Å². The molecule has 6 nitrogen and oxygen atoms in total. The van der Waals surface area contributed by atoms with E-state index in [2.05, 4.69) is 10.2 Å². The molecule has 2 amide bonds. The molecule has 1 aromatic rings. The summed E-state index contributed by atoms with van der Waals surface area (Å²) in [5.74, 6) is -1.69. The number of piperazine rings is 1. The number of rotatable bonds is 3. The summed E-state index contributed by atoms with van der Waals surface area (Å²) in [6.07, 6.45) is -4.51. The Morgan fingerprint density at radius 3 is 2.42 bits per heavy atom. The number of nitrogens with two attached hydrogens (primary N) is 1. The van der Waals surface area contributed by atoms with Gasteiger partial charge in [0.1, 0.15) is 0 Å². The van der Waals surface area contributed by atoms with E-state index in [9.17, 15) is 22.8 Å². The molecule has 1 heterocycles. The van der Waals surface area contributed by atoms with Crippen molar-refractivity contribution < 1.29 is 22.8 Å². The van der Waals surface area contributed by atoms with Crippen molar-refractivity contribution >= 4 is 17.5 Å². The van der Waals surface area contributed by atoms with E-state index >= 15 is 0 Å². The highest BCUT2D eigenvalue weighted by atomic mass is 19.4. The molecular weight excluding hydrogens is 325 g/mol. The summed E-state index contributed by atoms with van der Waals surface area (Å²) < 4.78 is 38.0. The van der Waals surface area contributed by atoms with Gasteiger partial charge in [-0.15, -0.1) is 0 Å². The molecule has 3 N–H and O–H groups in total. The lowest BCUT2D eigenvalue weighted by atomic mass is 10.2. The quantitative estimate of drug-likeness (QED) is 0.793. The Labute approximate surface area is 137 Å². The Morgan fingerprint density at radius 2 is 1.83 bits per heavy atom. The molecule has 0 spiro atoms. The summed E-state index contributed by atoms with van der Waals surface area (Å²) in [4.78, 5) is 27.5. The highest BCUT2D eigenvalue weighted by Crippen LogP contribution is 2.30. The molecule has 1 aromatic carbocycles. The Hall–Kier alpha value is -2.13. The highest BCUT2D eigenvalue weighted by molar-refractivity contribution is 6.39. The standard InChI is InChI=1S/C15H19F3N4O2/c16-15(17,18)11-2-1-3-12(10-11)20-13(23)14(24)22-8-6-21(5-4-19)7-9-22/h1-3,10H,4-9,19H2,(H,20,23). The first-order chi connectivity index (χ1) is 11.3. The van der Waals surface area contributed by atoms with E-state index in [-0.39, 0.29) is 5.69 Å². The summed E-state index contributed by atoms with van der Waals surface area (Å²) in [6, 6.07) is 4.17. The number of nitrogens with one attached hydrogen (secondary N) is 1. The summed E-state index contributed by atoms with van der Waals surface area (Å²) in [7, 11) is 0. The SMILES string of the molecule is NCCN1CCN(C(=O)C(=O)Nc2cccc(C(F)(F)F)c2)CC1. The van der Waals surface area contributed by atoms with Crippen LogP contribution in [0.1, 0.15) is 5.56 Å². The molecule has 24 heavy (non-hydrogen) atoms. The Bertz CT molecular complexity index is 599.